The molecule has 0 bridgehead atoms. The van der Waals surface area contributed by atoms with Crippen LogP contribution in [-0.2, 0) is 9.47 Å². The van der Waals surface area contributed by atoms with Crippen molar-refractivity contribution in [3.8, 4) is 0 Å². The Hall–Kier alpha value is -0.0800. The molecule has 2 unspecified atom stereocenters. The van der Waals surface area contributed by atoms with E-state index in [-0.39, 0.29) is 0 Å². The normalized spacial score (nSPS) is 25.9. The van der Waals surface area contributed by atoms with E-state index >= 15 is 0 Å². The molecule has 0 aromatic rings. The first-order valence-electron chi connectivity index (χ1n) is 7.11. The van der Waals surface area contributed by atoms with Crippen LogP contribution in [0.15, 0.2) is 0 Å². The molecule has 0 heterocycles. The highest BCUT2D eigenvalue weighted by molar-refractivity contribution is 4.76. The van der Waals surface area contributed by atoms with Crippen LogP contribution < -0.4 is 0 Å². The fourth-order valence-electron chi connectivity index (χ4n) is 2.20. The summed E-state index contributed by atoms with van der Waals surface area (Å²) in [7, 11) is 0. The Balaban J connectivity index is 2.20. The number of rotatable bonds is 8. The van der Waals surface area contributed by atoms with E-state index in [2.05, 4.69) is 13.8 Å². The summed E-state index contributed by atoms with van der Waals surface area (Å²) in [5, 5.41) is 0. The third-order valence-electron chi connectivity index (χ3n) is 3.30. The van der Waals surface area contributed by atoms with Crippen molar-refractivity contribution >= 4 is 0 Å². The van der Waals surface area contributed by atoms with Gasteiger partial charge in [0, 0.05) is 13.2 Å². The van der Waals surface area contributed by atoms with E-state index in [0.717, 1.165) is 13.2 Å². The summed E-state index contributed by atoms with van der Waals surface area (Å²) in [5.74, 6) is 0. The van der Waals surface area contributed by atoms with Gasteiger partial charge in [0.1, 0.15) is 0 Å². The first kappa shape index (κ1) is 14.0. The Morgan fingerprint density at radius 2 is 1.25 bits per heavy atom. The molecule has 0 spiro atoms. The van der Waals surface area contributed by atoms with Gasteiger partial charge in [-0.05, 0) is 25.7 Å². The van der Waals surface area contributed by atoms with Gasteiger partial charge in [-0.15, -0.1) is 0 Å². The van der Waals surface area contributed by atoms with Crippen molar-refractivity contribution < 1.29 is 9.47 Å². The molecule has 0 radical (unpaired) electrons. The lowest BCUT2D eigenvalue weighted by Crippen LogP contribution is -2.35. The minimum Gasteiger partial charge on any atom is -0.376 e. The van der Waals surface area contributed by atoms with E-state index in [9.17, 15) is 0 Å². The summed E-state index contributed by atoms with van der Waals surface area (Å²) in [6.45, 7) is 6.24. The Labute approximate surface area is 101 Å². The number of ether oxygens (including phenoxy) is 2. The van der Waals surface area contributed by atoms with Gasteiger partial charge in [-0.1, -0.05) is 39.5 Å². The fraction of sp³-hybridized carbons (Fsp3) is 1.00. The van der Waals surface area contributed by atoms with E-state index in [4.69, 9.17) is 9.47 Å². The summed E-state index contributed by atoms with van der Waals surface area (Å²) >= 11 is 0. The van der Waals surface area contributed by atoms with E-state index < -0.39 is 0 Å². The molecule has 0 amide bonds. The van der Waals surface area contributed by atoms with Crippen LogP contribution in [0.2, 0.25) is 0 Å². The van der Waals surface area contributed by atoms with Crippen LogP contribution in [-0.4, -0.2) is 25.4 Å². The van der Waals surface area contributed by atoms with Crippen molar-refractivity contribution in [1.82, 2.24) is 0 Å². The third kappa shape index (κ3) is 5.31. The van der Waals surface area contributed by atoms with Crippen LogP contribution in [0.5, 0.6) is 0 Å². The summed E-state index contributed by atoms with van der Waals surface area (Å²) in [5.41, 5.74) is 0. The van der Waals surface area contributed by atoms with Gasteiger partial charge in [0.2, 0.25) is 0 Å². The molecule has 1 saturated carbocycles. The largest absolute Gasteiger partial charge is 0.376 e. The Bertz CT molecular complexity index is 141. The average molecular weight is 228 g/mol. The van der Waals surface area contributed by atoms with Crippen LogP contribution in [0.25, 0.3) is 0 Å². The van der Waals surface area contributed by atoms with Crippen molar-refractivity contribution in [2.24, 2.45) is 0 Å². The van der Waals surface area contributed by atoms with E-state index in [1.54, 1.807) is 0 Å². The first-order valence-corrected chi connectivity index (χ1v) is 7.11. The molecular weight excluding hydrogens is 200 g/mol. The van der Waals surface area contributed by atoms with Crippen molar-refractivity contribution in [3.05, 3.63) is 0 Å². The molecule has 2 nitrogen and oxygen atoms in total. The monoisotopic (exact) mass is 228 g/mol. The van der Waals surface area contributed by atoms with Gasteiger partial charge in [0.15, 0.2) is 0 Å². The number of unbranched alkanes of at least 4 members (excludes halogenated alkanes) is 2. The van der Waals surface area contributed by atoms with Crippen LogP contribution >= 0.6 is 0 Å². The summed E-state index contributed by atoms with van der Waals surface area (Å²) in [4.78, 5) is 0. The lowest BCUT2D eigenvalue weighted by Gasteiger charge is -2.31. The second-order valence-corrected chi connectivity index (χ2v) is 4.81. The minimum atomic E-state index is 0.372. The Morgan fingerprint density at radius 1 is 0.812 bits per heavy atom. The molecule has 0 N–H and O–H groups in total. The van der Waals surface area contributed by atoms with Gasteiger partial charge in [-0.2, -0.15) is 0 Å². The van der Waals surface area contributed by atoms with Crippen molar-refractivity contribution in [1.29, 1.82) is 0 Å². The van der Waals surface area contributed by atoms with Gasteiger partial charge in [0.25, 0.3) is 0 Å². The van der Waals surface area contributed by atoms with E-state index in [1.165, 1.54) is 51.4 Å². The zero-order valence-corrected chi connectivity index (χ0v) is 11.0. The SMILES string of the molecule is CCCCOC1CCCCC1OCCCC. The lowest BCUT2D eigenvalue weighted by molar-refractivity contribution is -0.0930. The van der Waals surface area contributed by atoms with Crippen molar-refractivity contribution in [3.63, 3.8) is 0 Å². The predicted octanol–water partition coefficient (Wildman–Crippen LogP) is 3.93. The molecule has 0 aromatic heterocycles. The first-order chi connectivity index (χ1) is 7.88. The maximum Gasteiger partial charge on any atom is 0.0836 e. The quantitative estimate of drug-likeness (QED) is 0.586. The second-order valence-electron chi connectivity index (χ2n) is 4.81. The second kappa shape index (κ2) is 9.00. The molecular formula is C14H28O2. The van der Waals surface area contributed by atoms with Crippen LogP contribution in [0.4, 0.5) is 0 Å². The zero-order valence-electron chi connectivity index (χ0n) is 11.0. The predicted molar refractivity (Wildman–Crippen MR) is 67.8 cm³/mol. The smallest absolute Gasteiger partial charge is 0.0836 e. The molecule has 1 aliphatic rings. The zero-order chi connectivity index (χ0) is 11.6. The summed E-state index contributed by atoms with van der Waals surface area (Å²) in [6.07, 6.45) is 10.5. The maximum atomic E-state index is 5.94. The fourth-order valence-corrected chi connectivity index (χ4v) is 2.20. The van der Waals surface area contributed by atoms with Crippen LogP contribution in [0.3, 0.4) is 0 Å². The van der Waals surface area contributed by atoms with Crippen molar-refractivity contribution in [2.75, 3.05) is 13.2 Å². The number of hydrogen-bond acceptors (Lipinski definition) is 2. The third-order valence-corrected chi connectivity index (χ3v) is 3.30. The van der Waals surface area contributed by atoms with Crippen molar-refractivity contribution in [2.45, 2.75) is 77.4 Å². The lowest BCUT2D eigenvalue weighted by atomic mass is 9.94. The summed E-state index contributed by atoms with van der Waals surface area (Å²) < 4.78 is 11.9. The Morgan fingerprint density at radius 3 is 1.62 bits per heavy atom. The highest BCUT2D eigenvalue weighted by atomic mass is 16.5. The molecule has 0 aromatic carbocycles. The molecule has 2 heteroatoms. The Kier molecular flexibility index (Phi) is 7.87. The molecule has 1 aliphatic carbocycles. The van der Waals surface area contributed by atoms with E-state index in [0.29, 0.717) is 12.2 Å². The highest BCUT2D eigenvalue weighted by Gasteiger charge is 2.25. The molecule has 0 aliphatic heterocycles. The average Bonchev–Trinajstić information content (AvgIpc) is 2.32. The number of hydrogen-bond donors (Lipinski definition) is 0. The van der Waals surface area contributed by atoms with Crippen LogP contribution in [0.1, 0.15) is 65.2 Å². The van der Waals surface area contributed by atoms with Gasteiger partial charge < -0.3 is 9.47 Å². The molecule has 0 saturated heterocycles. The van der Waals surface area contributed by atoms with Crippen LogP contribution in [0, 0.1) is 0 Å². The highest BCUT2D eigenvalue weighted by Crippen LogP contribution is 2.24. The maximum absolute atomic E-state index is 5.94. The molecule has 1 fully saturated rings. The van der Waals surface area contributed by atoms with Gasteiger partial charge >= 0.3 is 0 Å². The topological polar surface area (TPSA) is 18.5 Å². The van der Waals surface area contributed by atoms with Gasteiger partial charge in [-0.3, -0.25) is 0 Å². The van der Waals surface area contributed by atoms with Gasteiger partial charge in [0.05, 0.1) is 12.2 Å². The minimum absolute atomic E-state index is 0.372. The molecule has 96 valence electrons. The van der Waals surface area contributed by atoms with E-state index in [1.807, 2.05) is 0 Å². The van der Waals surface area contributed by atoms with Gasteiger partial charge in [-0.25, -0.2) is 0 Å². The molecule has 16 heavy (non-hydrogen) atoms. The standard InChI is InChI=1S/C14H28O2/c1-3-5-11-15-13-9-7-8-10-14(13)16-12-6-4-2/h13-14H,3-12H2,1-2H3. The molecule has 2 atom stereocenters. The summed E-state index contributed by atoms with van der Waals surface area (Å²) in [6, 6.07) is 0. The molecule has 1 rings (SSSR count).